The van der Waals surface area contributed by atoms with E-state index in [0.29, 0.717) is 4.88 Å². The smallest absolute Gasteiger partial charge is 0.292 e. The van der Waals surface area contributed by atoms with Crippen LogP contribution in [0.1, 0.15) is 9.67 Å². The molecule has 0 atom stereocenters. The second-order valence-corrected chi connectivity index (χ2v) is 4.14. The quantitative estimate of drug-likeness (QED) is 0.749. The van der Waals surface area contributed by atoms with E-state index < -0.39 is 12.7 Å². The van der Waals surface area contributed by atoms with Gasteiger partial charge in [0.15, 0.2) is 5.78 Å². The van der Waals surface area contributed by atoms with E-state index in [-0.39, 0.29) is 12.3 Å². The van der Waals surface area contributed by atoms with Crippen LogP contribution in [0.5, 0.6) is 0 Å². The van der Waals surface area contributed by atoms with Crippen molar-refractivity contribution >= 4 is 17.1 Å². The van der Waals surface area contributed by atoms with Crippen LogP contribution < -0.4 is 0 Å². The van der Waals surface area contributed by atoms with E-state index in [1.807, 2.05) is 0 Å². The molecule has 0 bridgehead atoms. The number of hydrogen-bond acceptors (Lipinski definition) is 3. The van der Waals surface area contributed by atoms with Crippen molar-refractivity contribution in [1.82, 2.24) is 4.90 Å². The van der Waals surface area contributed by atoms with E-state index in [2.05, 4.69) is 0 Å². The van der Waals surface area contributed by atoms with E-state index in [9.17, 15) is 18.0 Å². The third-order valence-corrected chi connectivity index (χ3v) is 2.57. The molecule has 0 N–H and O–H groups in total. The van der Waals surface area contributed by atoms with Crippen LogP contribution >= 0.6 is 11.3 Å². The van der Waals surface area contributed by atoms with Crippen molar-refractivity contribution in [3.05, 3.63) is 22.4 Å². The number of carbonyl (C=O) groups is 1. The van der Waals surface area contributed by atoms with Crippen LogP contribution in [-0.4, -0.2) is 37.0 Å². The van der Waals surface area contributed by atoms with Crippen molar-refractivity contribution in [2.24, 2.45) is 0 Å². The molecule has 15 heavy (non-hydrogen) atoms. The van der Waals surface area contributed by atoms with Gasteiger partial charge in [-0.2, -0.15) is 13.2 Å². The van der Waals surface area contributed by atoms with Gasteiger partial charge in [0.25, 0.3) is 0 Å². The van der Waals surface area contributed by atoms with Crippen molar-refractivity contribution in [1.29, 1.82) is 0 Å². The van der Waals surface area contributed by atoms with Crippen LogP contribution in [-0.2, 0) is 0 Å². The Morgan fingerprint density at radius 3 is 2.67 bits per heavy atom. The Hall–Kier alpha value is -0.880. The molecular weight excluding hydrogens is 227 g/mol. The normalized spacial score (nSPS) is 12.1. The number of likely N-dealkylation sites (N-methyl/N-ethyl adjacent to an activating group) is 1. The van der Waals surface area contributed by atoms with Gasteiger partial charge < -0.3 is 0 Å². The molecule has 0 aliphatic rings. The first kappa shape index (κ1) is 12.2. The molecule has 0 amide bonds. The molecule has 1 aromatic rings. The second kappa shape index (κ2) is 4.76. The predicted octanol–water partition coefficient (Wildman–Crippen LogP) is 2.42. The molecule has 6 heteroatoms. The SMILES string of the molecule is CN(CC(=O)c1cccs1)CC(F)(F)F. The maximum Gasteiger partial charge on any atom is 0.401 e. The van der Waals surface area contributed by atoms with Crippen molar-refractivity contribution in [3.63, 3.8) is 0 Å². The summed E-state index contributed by atoms with van der Waals surface area (Å²) in [5.74, 6) is -0.281. The molecule has 1 rings (SSSR count). The number of hydrogen-bond donors (Lipinski definition) is 0. The highest BCUT2D eigenvalue weighted by atomic mass is 32.1. The summed E-state index contributed by atoms with van der Waals surface area (Å²) in [6, 6.07) is 3.30. The Morgan fingerprint density at radius 2 is 2.20 bits per heavy atom. The van der Waals surface area contributed by atoms with Crippen LogP contribution in [0, 0.1) is 0 Å². The summed E-state index contributed by atoms with van der Waals surface area (Å²) in [6.45, 7) is -1.27. The van der Waals surface area contributed by atoms with Gasteiger partial charge in [0.1, 0.15) is 0 Å². The molecule has 0 spiro atoms. The summed E-state index contributed by atoms with van der Waals surface area (Å²) in [5, 5.41) is 1.72. The number of nitrogens with zero attached hydrogens (tertiary/aromatic N) is 1. The molecule has 0 saturated heterocycles. The molecular formula is C9H10F3NOS. The fourth-order valence-electron chi connectivity index (χ4n) is 1.12. The number of Topliss-reactive ketones (excluding diaryl/α,β-unsaturated/α-hetero) is 1. The Morgan fingerprint density at radius 1 is 1.53 bits per heavy atom. The second-order valence-electron chi connectivity index (χ2n) is 3.19. The number of carbonyl (C=O) groups excluding carboxylic acids is 1. The Labute approximate surface area is 89.3 Å². The molecule has 0 aromatic carbocycles. The summed E-state index contributed by atoms with van der Waals surface area (Å²) < 4.78 is 35.8. The topological polar surface area (TPSA) is 20.3 Å². The minimum absolute atomic E-state index is 0.208. The lowest BCUT2D eigenvalue weighted by Crippen LogP contribution is -2.34. The molecule has 2 nitrogen and oxygen atoms in total. The van der Waals surface area contributed by atoms with E-state index in [0.717, 1.165) is 4.90 Å². The fourth-order valence-corrected chi connectivity index (χ4v) is 1.78. The summed E-state index contributed by atoms with van der Waals surface area (Å²) in [6.07, 6.45) is -4.26. The summed E-state index contributed by atoms with van der Waals surface area (Å²) in [4.78, 5) is 12.9. The van der Waals surface area contributed by atoms with Gasteiger partial charge in [-0.05, 0) is 18.5 Å². The average molecular weight is 237 g/mol. The van der Waals surface area contributed by atoms with E-state index in [1.54, 1.807) is 17.5 Å². The van der Waals surface area contributed by atoms with E-state index in [1.165, 1.54) is 18.4 Å². The van der Waals surface area contributed by atoms with Crippen molar-refractivity contribution < 1.29 is 18.0 Å². The molecule has 0 aliphatic carbocycles. The lowest BCUT2D eigenvalue weighted by molar-refractivity contribution is -0.141. The number of ketones is 1. The third kappa shape index (κ3) is 4.44. The molecule has 1 aromatic heterocycles. The zero-order valence-electron chi connectivity index (χ0n) is 8.04. The van der Waals surface area contributed by atoms with Gasteiger partial charge in [0.2, 0.25) is 0 Å². The molecule has 0 aliphatic heterocycles. The Kier molecular flexibility index (Phi) is 3.87. The fraction of sp³-hybridized carbons (Fsp3) is 0.444. The van der Waals surface area contributed by atoms with Gasteiger partial charge >= 0.3 is 6.18 Å². The summed E-state index contributed by atoms with van der Waals surface area (Å²) in [7, 11) is 1.28. The monoisotopic (exact) mass is 237 g/mol. The largest absolute Gasteiger partial charge is 0.401 e. The van der Waals surface area contributed by atoms with Crippen LogP contribution in [0.15, 0.2) is 17.5 Å². The lowest BCUT2D eigenvalue weighted by atomic mass is 10.3. The van der Waals surface area contributed by atoms with Crippen LogP contribution in [0.25, 0.3) is 0 Å². The van der Waals surface area contributed by atoms with Gasteiger partial charge in [0, 0.05) is 0 Å². The average Bonchev–Trinajstić information content (AvgIpc) is 2.50. The van der Waals surface area contributed by atoms with Crippen molar-refractivity contribution in [3.8, 4) is 0 Å². The first-order chi connectivity index (χ1) is 6.88. The van der Waals surface area contributed by atoms with Crippen LogP contribution in [0.3, 0.4) is 0 Å². The number of halogens is 3. The van der Waals surface area contributed by atoms with Gasteiger partial charge in [-0.15, -0.1) is 11.3 Å². The van der Waals surface area contributed by atoms with Gasteiger partial charge in [-0.25, -0.2) is 0 Å². The predicted molar refractivity (Wildman–Crippen MR) is 52.2 cm³/mol. The van der Waals surface area contributed by atoms with E-state index in [4.69, 9.17) is 0 Å². The molecule has 0 unspecified atom stereocenters. The first-order valence-electron chi connectivity index (χ1n) is 4.20. The minimum Gasteiger partial charge on any atom is -0.292 e. The van der Waals surface area contributed by atoms with Gasteiger partial charge in [0.05, 0.1) is 18.0 Å². The summed E-state index contributed by atoms with van der Waals surface area (Å²) in [5.41, 5.74) is 0. The Balaban J connectivity index is 2.45. The maximum atomic E-state index is 11.9. The lowest BCUT2D eigenvalue weighted by Gasteiger charge is -2.16. The Bertz CT molecular complexity index is 321. The zero-order chi connectivity index (χ0) is 11.5. The van der Waals surface area contributed by atoms with Crippen LogP contribution in [0.2, 0.25) is 0 Å². The third-order valence-electron chi connectivity index (χ3n) is 1.66. The van der Waals surface area contributed by atoms with Crippen LogP contribution in [0.4, 0.5) is 13.2 Å². The minimum atomic E-state index is -4.26. The summed E-state index contributed by atoms with van der Waals surface area (Å²) >= 11 is 1.23. The standard InChI is InChI=1S/C9H10F3NOS/c1-13(6-9(10,11)12)5-7(14)8-3-2-4-15-8/h2-4H,5-6H2,1H3. The highest BCUT2D eigenvalue weighted by Crippen LogP contribution is 2.16. The highest BCUT2D eigenvalue weighted by Gasteiger charge is 2.29. The molecule has 84 valence electrons. The molecule has 0 saturated carbocycles. The molecule has 0 radical (unpaired) electrons. The van der Waals surface area contributed by atoms with Gasteiger partial charge in [-0.1, -0.05) is 6.07 Å². The van der Waals surface area contributed by atoms with Crippen molar-refractivity contribution in [2.45, 2.75) is 6.18 Å². The van der Waals surface area contributed by atoms with Gasteiger partial charge in [-0.3, -0.25) is 9.69 Å². The number of alkyl halides is 3. The first-order valence-corrected chi connectivity index (χ1v) is 5.08. The highest BCUT2D eigenvalue weighted by molar-refractivity contribution is 7.12. The molecule has 1 heterocycles. The number of thiophene rings is 1. The number of rotatable bonds is 4. The maximum absolute atomic E-state index is 11.9. The molecule has 0 fully saturated rings. The zero-order valence-corrected chi connectivity index (χ0v) is 8.86. The van der Waals surface area contributed by atoms with Crippen molar-refractivity contribution in [2.75, 3.05) is 20.1 Å². The van der Waals surface area contributed by atoms with E-state index >= 15 is 0 Å².